The van der Waals surface area contributed by atoms with Crippen LogP contribution in [0.5, 0.6) is 0 Å². The van der Waals surface area contributed by atoms with Gasteiger partial charge < -0.3 is 9.80 Å². The summed E-state index contributed by atoms with van der Waals surface area (Å²) in [5.41, 5.74) is 2.74. The molecule has 1 aromatic carbocycles. The molecule has 5 heterocycles. The molecule has 4 aliphatic heterocycles. The van der Waals surface area contributed by atoms with Crippen LogP contribution in [0.4, 0.5) is 11.4 Å². The van der Waals surface area contributed by atoms with Crippen LogP contribution >= 0.6 is 11.6 Å². The Bertz CT molecular complexity index is 1010. The maximum Gasteiger partial charge on any atom is 0.287 e. The largest absolute Gasteiger partial charge is 0.366 e. The molecule has 0 N–H and O–H groups in total. The number of hydrogen-bond acceptors (Lipinski definition) is 5. The fourth-order valence-electron chi connectivity index (χ4n) is 4.90. The summed E-state index contributed by atoms with van der Waals surface area (Å²) in [5.74, 6) is 0.175. The summed E-state index contributed by atoms with van der Waals surface area (Å²) in [5, 5.41) is 4.33. The Morgan fingerprint density at radius 3 is 2.76 bits per heavy atom. The van der Waals surface area contributed by atoms with Crippen molar-refractivity contribution in [1.29, 1.82) is 0 Å². The Morgan fingerprint density at radius 1 is 1.21 bits per heavy atom. The molecule has 0 radical (unpaired) electrons. The van der Waals surface area contributed by atoms with Gasteiger partial charge in [0.15, 0.2) is 0 Å². The van der Waals surface area contributed by atoms with E-state index in [9.17, 15) is 9.59 Å². The van der Waals surface area contributed by atoms with E-state index in [0.29, 0.717) is 24.3 Å². The minimum absolute atomic E-state index is 0.175. The van der Waals surface area contributed by atoms with Gasteiger partial charge in [0.1, 0.15) is 5.02 Å². The zero-order valence-electron chi connectivity index (χ0n) is 16.4. The lowest BCUT2D eigenvalue weighted by atomic mass is 9.87. The number of piperazine rings is 1. The zero-order valence-corrected chi connectivity index (χ0v) is 17.2. The molecular formula is C21H24ClN5O2. The summed E-state index contributed by atoms with van der Waals surface area (Å²) in [7, 11) is 1.59. The van der Waals surface area contributed by atoms with Crippen molar-refractivity contribution < 1.29 is 4.79 Å². The zero-order chi connectivity index (χ0) is 20.1. The second-order valence-corrected chi connectivity index (χ2v) is 8.55. The van der Waals surface area contributed by atoms with E-state index >= 15 is 0 Å². The second-order valence-electron chi connectivity index (χ2n) is 8.17. The number of fused-ring (bicyclic) bond motifs is 3. The molecule has 6 rings (SSSR count). The number of amides is 1. The number of aryl methyl sites for hydroxylation is 2. The average molecular weight is 414 g/mol. The molecule has 1 amide bonds. The number of rotatable bonds is 3. The first-order chi connectivity index (χ1) is 14.0. The van der Waals surface area contributed by atoms with Crippen molar-refractivity contribution in [2.24, 2.45) is 7.05 Å². The molecule has 2 aromatic rings. The molecule has 3 saturated heterocycles. The van der Waals surface area contributed by atoms with Crippen LogP contribution in [-0.2, 0) is 18.3 Å². The minimum atomic E-state index is -0.279. The lowest BCUT2D eigenvalue weighted by Crippen LogP contribution is -2.70. The third-order valence-electron chi connectivity index (χ3n) is 6.47. The monoisotopic (exact) mass is 413 g/mol. The van der Waals surface area contributed by atoms with Crippen LogP contribution < -0.4 is 15.4 Å². The highest BCUT2D eigenvalue weighted by atomic mass is 35.5. The quantitative estimate of drug-likeness (QED) is 0.766. The van der Waals surface area contributed by atoms with Crippen molar-refractivity contribution in [3.8, 4) is 0 Å². The number of piperidine rings is 1. The van der Waals surface area contributed by atoms with Gasteiger partial charge in [0, 0.05) is 44.5 Å². The van der Waals surface area contributed by atoms with Crippen LogP contribution in [0.15, 0.2) is 35.3 Å². The number of halogens is 1. The van der Waals surface area contributed by atoms with Gasteiger partial charge in [-0.05, 0) is 30.9 Å². The summed E-state index contributed by atoms with van der Waals surface area (Å²) in [6.07, 6.45) is 4.79. The van der Waals surface area contributed by atoms with Gasteiger partial charge in [-0.3, -0.25) is 14.5 Å². The van der Waals surface area contributed by atoms with Crippen LogP contribution in [0.2, 0.25) is 5.02 Å². The molecule has 0 saturated carbocycles. The molecule has 152 valence electrons. The van der Waals surface area contributed by atoms with Crippen molar-refractivity contribution in [2.75, 3.05) is 36.0 Å². The van der Waals surface area contributed by atoms with E-state index in [1.54, 1.807) is 13.2 Å². The molecule has 29 heavy (non-hydrogen) atoms. The highest BCUT2D eigenvalue weighted by Crippen LogP contribution is 2.36. The van der Waals surface area contributed by atoms with E-state index in [4.69, 9.17) is 11.6 Å². The van der Waals surface area contributed by atoms with E-state index in [0.717, 1.165) is 44.6 Å². The molecule has 2 unspecified atom stereocenters. The summed E-state index contributed by atoms with van der Waals surface area (Å²) < 4.78 is 1.25. The molecule has 7 nitrogen and oxygen atoms in total. The number of carbonyl (C=O) groups excluding carboxylic acids is 1. The van der Waals surface area contributed by atoms with Gasteiger partial charge in [-0.1, -0.05) is 29.8 Å². The Hall–Kier alpha value is -2.38. The molecule has 2 bridgehead atoms. The van der Waals surface area contributed by atoms with Crippen molar-refractivity contribution in [1.82, 2.24) is 14.7 Å². The number of benzene rings is 1. The number of para-hydroxylation sites is 1. The van der Waals surface area contributed by atoms with Crippen LogP contribution in [0, 0.1) is 0 Å². The molecule has 0 spiro atoms. The standard InChI is InChI=1S/C21H24ClN5O2/c1-24-21(29)20(22)18(10-23-24)25-11-15-9-16(12-25)27(15)13-19(28)26-8-4-6-14-5-2-3-7-17(14)26/h2-3,5,7,10,15-16H,4,6,8-9,11-13H2,1H3. The number of aromatic nitrogens is 2. The first-order valence-corrected chi connectivity index (χ1v) is 10.5. The molecule has 3 fully saturated rings. The van der Waals surface area contributed by atoms with Crippen LogP contribution in [-0.4, -0.2) is 58.9 Å². The second kappa shape index (κ2) is 7.15. The summed E-state index contributed by atoms with van der Waals surface area (Å²) in [6.45, 7) is 2.75. The van der Waals surface area contributed by atoms with Crippen molar-refractivity contribution >= 4 is 28.9 Å². The SMILES string of the molecule is Cn1ncc(N2CC3CC(C2)N3CC(=O)N2CCCc3ccccc32)c(Cl)c1=O. The van der Waals surface area contributed by atoms with Gasteiger partial charge in [0.05, 0.1) is 18.4 Å². The fraction of sp³-hybridized carbons (Fsp3) is 0.476. The van der Waals surface area contributed by atoms with Crippen molar-refractivity contribution in [2.45, 2.75) is 31.3 Å². The number of carbonyl (C=O) groups is 1. The highest BCUT2D eigenvalue weighted by Gasteiger charge is 2.46. The van der Waals surface area contributed by atoms with Crippen LogP contribution in [0.3, 0.4) is 0 Å². The topological polar surface area (TPSA) is 61.7 Å². The first-order valence-electron chi connectivity index (χ1n) is 10.1. The Morgan fingerprint density at radius 2 is 1.97 bits per heavy atom. The van der Waals surface area contributed by atoms with Crippen molar-refractivity contribution in [3.05, 3.63) is 51.4 Å². The lowest BCUT2D eigenvalue weighted by molar-refractivity contribution is -0.124. The predicted octanol–water partition coefficient (Wildman–Crippen LogP) is 1.68. The Kier molecular flexibility index (Phi) is 4.59. The third-order valence-corrected chi connectivity index (χ3v) is 6.83. The highest BCUT2D eigenvalue weighted by molar-refractivity contribution is 6.33. The molecule has 0 aliphatic carbocycles. The maximum absolute atomic E-state index is 13.1. The van der Waals surface area contributed by atoms with E-state index in [1.165, 1.54) is 10.2 Å². The summed E-state index contributed by atoms with van der Waals surface area (Å²) in [4.78, 5) is 31.6. The van der Waals surface area contributed by atoms with Crippen LogP contribution in [0.1, 0.15) is 18.4 Å². The number of hydrogen-bond donors (Lipinski definition) is 0. The summed E-state index contributed by atoms with van der Waals surface area (Å²) in [6, 6.07) is 8.82. The Balaban J connectivity index is 1.28. The van der Waals surface area contributed by atoms with Crippen molar-refractivity contribution in [3.63, 3.8) is 0 Å². The number of anilines is 2. The predicted molar refractivity (Wildman–Crippen MR) is 113 cm³/mol. The number of nitrogens with zero attached hydrogens (tertiary/aromatic N) is 5. The molecule has 4 aliphatic rings. The van der Waals surface area contributed by atoms with E-state index in [-0.39, 0.29) is 16.5 Å². The Labute approximate surface area is 174 Å². The lowest BCUT2D eigenvalue weighted by Gasteiger charge is -2.57. The smallest absolute Gasteiger partial charge is 0.287 e. The van der Waals surface area contributed by atoms with Gasteiger partial charge >= 0.3 is 0 Å². The minimum Gasteiger partial charge on any atom is -0.366 e. The van der Waals surface area contributed by atoms with Crippen LogP contribution in [0.25, 0.3) is 0 Å². The average Bonchev–Trinajstić information content (AvgIpc) is 2.75. The fourth-order valence-corrected chi connectivity index (χ4v) is 5.19. The molecule has 1 aromatic heterocycles. The van der Waals surface area contributed by atoms with Gasteiger partial charge in [0.25, 0.3) is 5.56 Å². The van der Waals surface area contributed by atoms with Gasteiger partial charge in [-0.15, -0.1) is 0 Å². The van der Waals surface area contributed by atoms with Gasteiger partial charge in [-0.25, -0.2) is 4.68 Å². The van der Waals surface area contributed by atoms with Gasteiger partial charge in [-0.2, -0.15) is 5.10 Å². The van der Waals surface area contributed by atoms with E-state index < -0.39 is 0 Å². The normalized spacial score (nSPS) is 23.5. The van der Waals surface area contributed by atoms with Gasteiger partial charge in [0.2, 0.25) is 5.91 Å². The summed E-state index contributed by atoms with van der Waals surface area (Å²) >= 11 is 6.28. The van der Waals surface area contributed by atoms with E-state index in [2.05, 4.69) is 27.0 Å². The first kappa shape index (κ1) is 18.6. The third kappa shape index (κ3) is 3.13. The molecule has 2 atom stereocenters. The molecule has 8 heteroatoms. The maximum atomic E-state index is 13.1. The molecular weight excluding hydrogens is 390 g/mol. The van der Waals surface area contributed by atoms with E-state index in [1.807, 2.05) is 17.0 Å².